The average Bonchev–Trinajstić information content (AvgIpc) is 2.59. The van der Waals surface area contributed by atoms with Crippen molar-refractivity contribution in [2.75, 3.05) is 0 Å². The minimum absolute atomic E-state index is 0.0391. The Kier molecular flexibility index (Phi) is 3.76. The molecule has 0 bridgehead atoms. The molecule has 0 radical (unpaired) electrons. The zero-order valence-electron chi connectivity index (χ0n) is 8.74. The summed E-state index contributed by atoms with van der Waals surface area (Å²) in [6, 6.07) is 1.94. The zero-order valence-corrected chi connectivity index (χ0v) is 11.1. The quantitative estimate of drug-likeness (QED) is 0.788. The fourth-order valence-electron chi connectivity index (χ4n) is 1.72. The fourth-order valence-corrected chi connectivity index (χ4v) is 3.18. The SMILES string of the molecule is O=C1CCCCC(=O)N1Cc1sccc1Br. The molecule has 1 saturated heterocycles. The minimum atomic E-state index is -0.0391. The molecule has 0 spiro atoms. The third kappa shape index (κ3) is 2.52. The van der Waals surface area contributed by atoms with Gasteiger partial charge in [0.2, 0.25) is 11.8 Å². The first kappa shape index (κ1) is 11.8. The molecule has 3 nitrogen and oxygen atoms in total. The molecule has 86 valence electrons. The fraction of sp³-hybridized carbons (Fsp3) is 0.455. The topological polar surface area (TPSA) is 37.4 Å². The Labute approximate surface area is 107 Å². The van der Waals surface area contributed by atoms with Crippen LogP contribution in [0.5, 0.6) is 0 Å². The standard InChI is InChI=1S/C11H12BrNO2S/c12-8-5-6-16-9(8)7-13-10(14)3-1-2-4-11(13)15/h5-6H,1-4,7H2. The third-order valence-electron chi connectivity index (χ3n) is 2.63. The van der Waals surface area contributed by atoms with Crippen LogP contribution in [0.4, 0.5) is 0 Å². The molecule has 0 N–H and O–H groups in total. The molecule has 2 heterocycles. The highest BCUT2D eigenvalue weighted by atomic mass is 79.9. The molecule has 0 saturated carbocycles. The van der Waals surface area contributed by atoms with E-state index >= 15 is 0 Å². The van der Waals surface area contributed by atoms with Crippen LogP contribution in [0.2, 0.25) is 0 Å². The number of likely N-dealkylation sites (tertiary alicyclic amines) is 1. The molecule has 1 aliphatic heterocycles. The van der Waals surface area contributed by atoms with E-state index in [1.807, 2.05) is 11.4 Å². The normalized spacial score (nSPS) is 17.7. The predicted octanol–water partition coefficient (Wildman–Crippen LogP) is 2.94. The van der Waals surface area contributed by atoms with Gasteiger partial charge >= 0.3 is 0 Å². The van der Waals surface area contributed by atoms with Crippen LogP contribution >= 0.6 is 27.3 Å². The Bertz CT molecular complexity index is 398. The van der Waals surface area contributed by atoms with Gasteiger partial charge in [-0.2, -0.15) is 0 Å². The lowest BCUT2D eigenvalue weighted by molar-refractivity contribution is -0.144. The Morgan fingerprint density at radius 2 is 1.88 bits per heavy atom. The highest BCUT2D eigenvalue weighted by Crippen LogP contribution is 2.25. The molecular formula is C11H12BrNO2S. The van der Waals surface area contributed by atoms with Gasteiger partial charge in [0, 0.05) is 22.2 Å². The number of imide groups is 1. The molecule has 16 heavy (non-hydrogen) atoms. The number of amides is 2. The molecule has 1 aromatic heterocycles. The van der Waals surface area contributed by atoms with Crippen molar-refractivity contribution in [1.82, 2.24) is 4.90 Å². The van der Waals surface area contributed by atoms with Gasteiger partial charge in [-0.05, 0) is 40.2 Å². The number of thiophene rings is 1. The first-order valence-corrected chi connectivity index (χ1v) is 6.91. The second-order valence-electron chi connectivity index (χ2n) is 3.77. The lowest BCUT2D eigenvalue weighted by Gasteiger charge is -2.17. The second kappa shape index (κ2) is 5.10. The smallest absolute Gasteiger partial charge is 0.229 e. The lowest BCUT2D eigenvalue weighted by atomic mass is 10.2. The summed E-state index contributed by atoms with van der Waals surface area (Å²) in [5.41, 5.74) is 0. The van der Waals surface area contributed by atoms with Gasteiger partial charge in [0.15, 0.2) is 0 Å². The largest absolute Gasteiger partial charge is 0.277 e. The highest BCUT2D eigenvalue weighted by molar-refractivity contribution is 9.10. The van der Waals surface area contributed by atoms with Crippen molar-refractivity contribution in [2.45, 2.75) is 32.2 Å². The summed E-state index contributed by atoms with van der Waals surface area (Å²) in [7, 11) is 0. The molecule has 0 unspecified atom stereocenters. The number of carbonyl (C=O) groups is 2. The van der Waals surface area contributed by atoms with Gasteiger partial charge in [-0.3, -0.25) is 14.5 Å². The van der Waals surface area contributed by atoms with E-state index in [0.29, 0.717) is 19.4 Å². The summed E-state index contributed by atoms with van der Waals surface area (Å²) < 4.78 is 0.974. The predicted molar refractivity (Wildman–Crippen MR) is 66.0 cm³/mol. The monoisotopic (exact) mass is 301 g/mol. The number of rotatable bonds is 2. The van der Waals surface area contributed by atoms with Crippen LogP contribution in [0.3, 0.4) is 0 Å². The summed E-state index contributed by atoms with van der Waals surface area (Å²) in [4.78, 5) is 25.9. The second-order valence-corrected chi connectivity index (χ2v) is 5.63. The molecule has 1 aliphatic rings. The van der Waals surface area contributed by atoms with Crippen LogP contribution in [0, 0.1) is 0 Å². The van der Waals surface area contributed by atoms with Crippen molar-refractivity contribution < 1.29 is 9.59 Å². The van der Waals surface area contributed by atoms with Crippen LogP contribution in [0.15, 0.2) is 15.9 Å². The van der Waals surface area contributed by atoms with E-state index in [2.05, 4.69) is 15.9 Å². The molecule has 1 fully saturated rings. The van der Waals surface area contributed by atoms with Gasteiger partial charge < -0.3 is 0 Å². The lowest BCUT2D eigenvalue weighted by Crippen LogP contribution is -2.34. The maximum absolute atomic E-state index is 11.8. The molecule has 1 aromatic rings. The average molecular weight is 302 g/mol. The molecule has 0 aromatic carbocycles. The van der Waals surface area contributed by atoms with Crippen LogP contribution in [0.1, 0.15) is 30.6 Å². The molecule has 5 heteroatoms. The van der Waals surface area contributed by atoms with Crippen molar-refractivity contribution in [1.29, 1.82) is 0 Å². The summed E-state index contributed by atoms with van der Waals surface area (Å²) >= 11 is 4.97. The van der Waals surface area contributed by atoms with E-state index in [4.69, 9.17) is 0 Å². The van der Waals surface area contributed by atoms with E-state index in [0.717, 1.165) is 22.2 Å². The maximum atomic E-state index is 11.8. The van der Waals surface area contributed by atoms with E-state index in [1.54, 1.807) is 11.3 Å². The number of carbonyl (C=O) groups excluding carboxylic acids is 2. The molecular weight excluding hydrogens is 290 g/mol. The Morgan fingerprint density at radius 3 is 2.38 bits per heavy atom. The van der Waals surface area contributed by atoms with Crippen LogP contribution in [-0.2, 0) is 16.1 Å². The van der Waals surface area contributed by atoms with Gasteiger partial charge in [0.05, 0.1) is 6.54 Å². The van der Waals surface area contributed by atoms with Gasteiger partial charge in [-0.25, -0.2) is 0 Å². The Hall–Kier alpha value is -0.680. The first-order chi connectivity index (χ1) is 7.68. The maximum Gasteiger partial charge on any atom is 0.229 e. The van der Waals surface area contributed by atoms with Gasteiger partial charge in [-0.1, -0.05) is 0 Å². The summed E-state index contributed by atoms with van der Waals surface area (Å²) in [6.45, 7) is 0.413. The summed E-state index contributed by atoms with van der Waals surface area (Å²) in [6.07, 6.45) is 2.64. The van der Waals surface area contributed by atoms with E-state index in [9.17, 15) is 9.59 Å². The zero-order chi connectivity index (χ0) is 11.5. The van der Waals surface area contributed by atoms with E-state index in [-0.39, 0.29) is 11.8 Å². The van der Waals surface area contributed by atoms with Crippen molar-refractivity contribution in [2.24, 2.45) is 0 Å². The number of halogens is 1. The van der Waals surface area contributed by atoms with Gasteiger partial charge in [0.1, 0.15) is 0 Å². The number of hydrogen-bond acceptors (Lipinski definition) is 3. The van der Waals surface area contributed by atoms with Crippen molar-refractivity contribution in [3.63, 3.8) is 0 Å². The first-order valence-electron chi connectivity index (χ1n) is 5.23. The summed E-state index contributed by atoms with van der Waals surface area (Å²) in [5, 5.41) is 1.95. The number of hydrogen-bond donors (Lipinski definition) is 0. The summed E-state index contributed by atoms with van der Waals surface area (Å²) in [5.74, 6) is -0.0781. The molecule has 0 aliphatic carbocycles. The van der Waals surface area contributed by atoms with Crippen LogP contribution in [-0.4, -0.2) is 16.7 Å². The van der Waals surface area contributed by atoms with Crippen molar-refractivity contribution in [3.05, 3.63) is 20.8 Å². The molecule has 2 amide bonds. The minimum Gasteiger partial charge on any atom is -0.277 e. The van der Waals surface area contributed by atoms with Gasteiger partial charge in [0.25, 0.3) is 0 Å². The van der Waals surface area contributed by atoms with Crippen LogP contribution < -0.4 is 0 Å². The van der Waals surface area contributed by atoms with Gasteiger partial charge in [-0.15, -0.1) is 11.3 Å². The Morgan fingerprint density at radius 1 is 1.25 bits per heavy atom. The molecule has 2 rings (SSSR count). The Balaban J connectivity index is 2.15. The number of nitrogens with zero attached hydrogens (tertiary/aromatic N) is 1. The van der Waals surface area contributed by atoms with Crippen molar-refractivity contribution in [3.8, 4) is 0 Å². The third-order valence-corrected chi connectivity index (χ3v) is 4.54. The van der Waals surface area contributed by atoms with E-state index in [1.165, 1.54) is 4.90 Å². The van der Waals surface area contributed by atoms with Crippen molar-refractivity contribution >= 4 is 39.1 Å². The van der Waals surface area contributed by atoms with E-state index < -0.39 is 0 Å². The molecule has 0 atom stereocenters. The highest BCUT2D eigenvalue weighted by Gasteiger charge is 2.24. The van der Waals surface area contributed by atoms with Crippen LogP contribution in [0.25, 0.3) is 0 Å².